The molecular formula is C16H16OTe. The molecular weight excluding hydrogens is 336 g/mol. The Kier molecular flexibility index (Phi) is 4.31. The molecule has 0 saturated carbocycles. The summed E-state index contributed by atoms with van der Waals surface area (Å²) >= 11 is -0.381. The summed E-state index contributed by atoms with van der Waals surface area (Å²) in [6.07, 6.45) is 0.660. The standard InChI is InChI=1S/C16H16OTe/c1-3-16(2,17)12-11-14-9-10-15(18-14)13-7-5-4-6-8-13/h4-10,17H,3H2,1-2H3. The van der Waals surface area contributed by atoms with Crippen molar-refractivity contribution in [2.75, 3.05) is 0 Å². The van der Waals surface area contributed by atoms with Crippen LogP contribution in [0.4, 0.5) is 0 Å². The Hall–Kier alpha value is -0.990. The van der Waals surface area contributed by atoms with E-state index in [0.717, 1.165) is 0 Å². The monoisotopic (exact) mass is 354 g/mol. The quantitative estimate of drug-likeness (QED) is 0.651. The van der Waals surface area contributed by atoms with Crippen molar-refractivity contribution in [3.05, 3.63) is 46.0 Å². The summed E-state index contributed by atoms with van der Waals surface area (Å²) < 4.78 is 2.62. The molecule has 0 radical (unpaired) electrons. The molecule has 18 heavy (non-hydrogen) atoms. The van der Waals surface area contributed by atoms with E-state index in [1.807, 2.05) is 13.0 Å². The van der Waals surface area contributed by atoms with Gasteiger partial charge in [0.25, 0.3) is 0 Å². The Balaban J connectivity index is 2.22. The van der Waals surface area contributed by atoms with Crippen LogP contribution in [0.5, 0.6) is 0 Å². The summed E-state index contributed by atoms with van der Waals surface area (Å²) in [6, 6.07) is 14.7. The minimum atomic E-state index is -0.858. The summed E-state index contributed by atoms with van der Waals surface area (Å²) in [5, 5.41) is 9.86. The zero-order valence-corrected chi connectivity index (χ0v) is 12.9. The molecule has 0 saturated heterocycles. The van der Waals surface area contributed by atoms with Gasteiger partial charge in [-0.3, -0.25) is 0 Å². The number of benzene rings is 1. The van der Waals surface area contributed by atoms with E-state index >= 15 is 0 Å². The molecule has 1 aromatic heterocycles. The first-order chi connectivity index (χ1) is 8.61. The zero-order chi connectivity index (χ0) is 13.0. The molecule has 92 valence electrons. The number of rotatable bonds is 2. The van der Waals surface area contributed by atoms with Crippen molar-refractivity contribution < 1.29 is 5.11 Å². The van der Waals surface area contributed by atoms with Gasteiger partial charge in [0.1, 0.15) is 0 Å². The van der Waals surface area contributed by atoms with Gasteiger partial charge < -0.3 is 0 Å². The molecule has 1 N–H and O–H groups in total. The van der Waals surface area contributed by atoms with Gasteiger partial charge in [-0.15, -0.1) is 0 Å². The maximum absolute atomic E-state index is 9.86. The van der Waals surface area contributed by atoms with E-state index in [4.69, 9.17) is 0 Å². The van der Waals surface area contributed by atoms with E-state index in [-0.39, 0.29) is 20.4 Å². The number of aliphatic hydroxyl groups is 1. The molecule has 0 fully saturated rings. The molecule has 0 amide bonds. The number of hydrogen-bond acceptors (Lipinski definition) is 1. The van der Waals surface area contributed by atoms with Crippen molar-refractivity contribution in [1.82, 2.24) is 0 Å². The predicted octanol–water partition coefficient (Wildman–Crippen LogP) is 2.92. The molecule has 0 aliphatic rings. The molecule has 1 unspecified atom stereocenters. The fourth-order valence-corrected chi connectivity index (χ4v) is 3.92. The van der Waals surface area contributed by atoms with E-state index in [1.165, 1.54) is 12.7 Å². The van der Waals surface area contributed by atoms with Gasteiger partial charge in [0, 0.05) is 0 Å². The molecule has 1 nitrogen and oxygen atoms in total. The van der Waals surface area contributed by atoms with Crippen LogP contribution in [-0.2, 0) is 0 Å². The van der Waals surface area contributed by atoms with Gasteiger partial charge in [-0.1, -0.05) is 0 Å². The summed E-state index contributed by atoms with van der Waals surface area (Å²) in [4.78, 5) is 0. The first-order valence-corrected chi connectivity index (χ1v) is 8.34. The van der Waals surface area contributed by atoms with Crippen molar-refractivity contribution in [2.24, 2.45) is 0 Å². The van der Waals surface area contributed by atoms with Gasteiger partial charge in [-0.25, -0.2) is 0 Å². The zero-order valence-electron chi connectivity index (χ0n) is 10.6. The van der Waals surface area contributed by atoms with Crippen LogP contribution in [0, 0.1) is 11.8 Å². The molecule has 0 bridgehead atoms. The SMILES string of the molecule is CCC(C)(O)C#Cc1ccc(-c2ccccc2)[te]1. The number of hydrogen-bond donors (Lipinski definition) is 1. The van der Waals surface area contributed by atoms with E-state index in [0.29, 0.717) is 6.42 Å². The van der Waals surface area contributed by atoms with Crippen molar-refractivity contribution in [1.29, 1.82) is 0 Å². The van der Waals surface area contributed by atoms with Crippen LogP contribution < -0.4 is 0 Å². The predicted molar refractivity (Wildman–Crippen MR) is 76.6 cm³/mol. The molecule has 0 aliphatic heterocycles. The summed E-state index contributed by atoms with van der Waals surface area (Å²) in [5.74, 6) is 6.10. The van der Waals surface area contributed by atoms with Crippen LogP contribution in [0.3, 0.4) is 0 Å². The first-order valence-electron chi connectivity index (χ1n) is 6.01. The Morgan fingerprint density at radius 3 is 2.56 bits per heavy atom. The van der Waals surface area contributed by atoms with Crippen LogP contribution in [0.15, 0.2) is 42.5 Å². The topological polar surface area (TPSA) is 20.2 Å². The van der Waals surface area contributed by atoms with Crippen molar-refractivity contribution >= 4 is 20.4 Å². The van der Waals surface area contributed by atoms with E-state index in [9.17, 15) is 5.11 Å². The van der Waals surface area contributed by atoms with Crippen LogP contribution in [0.2, 0.25) is 0 Å². The maximum atomic E-state index is 9.86. The summed E-state index contributed by atoms with van der Waals surface area (Å²) in [5.41, 5.74) is 0.443. The molecule has 1 atom stereocenters. The van der Waals surface area contributed by atoms with Gasteiger partial charge in [0.2, 0.25) is 0 Å². The van der Waals surface area contributed by atoms with Gasteiger partial charge in [0.15, 0.2) is 0 Å². The van der Waals surface area contributed by atoms with Gasteiger partial charge >= 0.3 is 118 Å². The Bertz CT molecular complexity index is 570. The molecule has 1 aromatic carbocycles. The second-order valence-corrected chi connectivity index (χ2v) is 7.50. The van der Waals surface area contributed by atoms with E-state index < -0.39 is 5.60 Å². The second-order valence-electron chi connectivity index (χ2n) is 4.41. The molecule has 2 rings (SSSR count). The van der Waals surface area contributed by atoms with Gasteiger partial charge in [-0.2, -0.15) is 0 Å². The Morgan fingerprint density at radius 2 is 1.89 bits per heavy atom. The average Bonchev–Trinajstić information content (AvgIpc) is 2.86. The molecule has 1 heterocycles. The fourth-order valence-electron chi connectivity index (χ4n) is 1.45. The third kappa shape index (κ3) is 3.50. The molecule has 2 heteroatoms. The summed E-state index contributed by atoms with van der Waals surface area (Å²) in [6.45, 7) is 3.71. The van der Waals surface area contributed by atoms with Gasteiger partial charge in [0.05, 0.1) is 0 Å². The molecule has 0 aliphatic carbocycles. The van der Waals surface area contributed by atoms with Gasteiger partial charge in [-0.05, 0) is 0 Å². The molecule has 0 spiro atoms. The van der Waals surface area contributed by atoms with Crippen LogP contribution in [0.1, 0.15) is 23.8 Å². The fraction of sp³-hybridized carbons (Fsp3) is 0.250. The third-order valence-corrected chi connectivity index (χ3v) is 5.80. The third-order valence-electron chi connectivity index (χ3n) is 2.81. The molecule has 2 aromatic rings. The van der Waals surface area contributed by atoms with Crippen molar-refractivity contribution in [2.45, 2.75) is 25.9 Å². The minimum absolute atomic E-state index is 0.381. The van der Waals surface area contributed by atoms with E-state index in [1.54, 1.807) is 6.92 Å². The summed E-state index contributed by atoms with van der Waals surface area (Å²) in [7, 11) is 0. The Labute approximate surface area is 118 Å². The second kappa shape index (κ2) is 5.77. The van der Waals surface area contributed by atoms with Crippen LogP contribution >= 0.6 is 0 Å². The average molecular weight is 352 g/mol. The van der Waals surface area contributed by atoms with Crippen LogP contribution in [0.25, 0.3) is 9.14 Å². The van der Waals surface area contributed by atoms with Crippen molar-refractivity contribution in [3.8, 4) is 21.0 Å². The van der Waals surface area contributed by atoms with Crippen molar-refractivity contribution in [3.63, 3.8) is 0 Å². The normalized spacial score (nSPS) is 13.5. The Morgan fingerprint density at radius 1 is 1.17 bits per heavy atom. The van der Waals surface area contributed by atoms with E-state index in [2.05, 4.69) is 48.2 Å². The van der Waals surface area contributed by atoms with Crippen LogP contribution in [-0.4, -0.2) is 31.1 Å². The first kappa shape index (κ1) is 13.4.